The highest BCUT2D eigenvalue weighted by molar-refractivity contribution is 8.18. The van der Waals surface area contributed by atoms with E-state index in [4.69, 9.17) is 0 Å². The Balaban J connectivity index is 1.30. The standard InChI is InChI=1S/C21H21N3O5S3/c25-19(8-9-24-20(26)18(31-21(24)27)15-16-5-4-14-30-16)22-10-12-23(13-11-22)32(28,29)17-6-2-1-3-7-17/h1-7,14-15H,8-13H2/b18-15+. The van der Waals surface area contributed by atoms with Crippen LogP contribution in [0.1, 0.15) is 11.3 Å². The summed E-state index contributed by atoms with van der Waals surface area (Å²) >= 11 is 2.35. The number of hydrogen-bond donors (Lipinski definition) is 0. The first-order valence-corrected chi connectivity index (χ1v) is 13.1. The van der Waals surface area contributed by atoms with Crippen LogP contribution in [0.5, 0.6) is 0 Å². The maximum atomic E-state index is 12.7. The molecule has 1 aromatic heterocycles. The van der Waals surface area contributed by atoms with Crippen LogP contribution in [0.25, 0.3) is 6.08 Å². The Morgan fingerprint density at radius 1 is 1.00 bits per heavy atom. The predicted molar refractivity (Wildman–Crippen MR) is 123 cm³/mol. The van der Waals surface area contributed by atoms with Crippen molar-refractivity contribution in [2.75, 3.05) is 32.7 Å². The molecule has 0 saturated carbocycles. The van der Waals surface area contributed by atoms with Crippen molar-refractivity contribution in [3.05, 3.63) is 57.6 Å². The third-order valence-electron chi connectivity index (χ3n) is 5.21. The van der Waals surface area contributed by atoms with E-state index in [2.05, 4.69) is 0 Å². The summed E-state index contributed by atoms with van der Waals surface area (Å²) in [6.07, 6.45) is 1.69. The van der Waals surface area contributed by atoms with E-state index in [1.165, 1.54) is 15.6 Å². The van der Waals surface area contributed by atoms with E-state index in [0.29, 0.717) is 4.91 Å². The molecule has 0 radical (unpaired) electrons. The summed E-state index contributed by atoms with van der Waals surface area (Å²) in [5.41, 5.74) is 0. The lowest BCUT2D eigenvalue weighted by Gasteiger charge is -2.34. The summed E-state index contributed by atoms with van der Waals surface area (Å²) in [5.74, 6) is -0.594. The van der Waals surface area contributed by atoms with Crippen LogP contribution in [0.4, 0.5) is 4.79 Å². The number of thioether (sulfide) groups is 1. The summed E-state index contributed by atoms with van der Waals surface area (Å²) in [6.45, 7) is 0.951. The molecule has 2 saturated heterocycles. The first-order chi connectivity index (χ1) is 15.4. The Labute approximate surface area is 194 Å². The van der Waals surface area contributed by atoms with Crippen molar-refractivity contribution in [2.24, 2.45) is 0 Å². The van der Waals surface area contributed by atoms with E-state index in [1.807, 2.05) is 17.5 Å². The second-order valence-electron chi connectivity index (χ2n) is 7.20. The van der Waals surface area contributed by atoms with Crippen LogP contribution in [0.15, 0.2) is 57.6 Å². The lowest BCUT2D eigenvalue weighted by molar-refractivity contribution is -0.133. The van der Waals surface area contributed by atoms with Gasteiger partial charge in [0.2, 0.25) is 15.9 Å². The van der Waals surface area contributed by atoms with Gasteiger partial charge < -0.3 is 4.90 Å². The zero-order valence-corrected chi connectivity index (χ0v) is 19.5. The number of hydrogen-bond acceptors (Lipinski definition) is 7. The number of thiophene rings is 1. The normalized spacial score (nSPS) is 19.2. The van der Waals surface area contributed by atoms with Gasteiger partial charge in [-0.25, -0.2) is 8.42 Å². The zero-order valence-electron chi connectivity index (χ0n) is 17.0. The summed E-state index contributed by atoms with van der Waals surface area (Å²) in [7, 11) is -3.59. The highest BCUT2D eigenvalue weighted by Gasteiger charge is 2.36. The average molecular weight is 492 g/mol. The van der Waals surface area contributed by atoms with E-state index in [-0.39, 0.29) is 61.1 Å². The molecule has 0 aliphatic carbocycles. The smallest absolute Gasteiger partial charge is 0.293 e. The minimum absolute atomic E-state index is 0.00775. The van der Waals surface area contributed by atoms with Gasteiger partial charge in [0.05, 0.1) is 9.80 Å². The summed E-state index contributed by atoms with van der Waals surface area (Å²) in [4.78, 5) is 41.5. The van der Waals surface area contributed by atoms with Gasteiger partial charge in [0, 0.05) is 44.0 Å². The van der Waals surface area contributed by atoms with E-state index < -0.39 is 10.0 Å². The number of carbonyl (C=O) groups is 3. The molecule has 0 N–H and O–H groups in total. The van der Waals surface area contributed by atoms with Crippen molar-refractivity contribution < 1.29 is 22.8 Å². The molecule has 2 aliphatic rings. The number of sulfonamides is 1. The molecule has 168 valence electrons. The summed E-state index contributed by atoms with van der Waals surface area (Å²) < 4.78 is 26.8. The van der Waals surface area contributed by atoms with Crippen molar-refractivity contribution in [1.29, 1.82) is 0 Å². The fraction of sp³-hybridized carbons (Fsp3) is 0.286. The molecule has 2 fully saturated rings. The topological polar surface area (TPSA) is 95.1 Å². The molecule has 11 heteroatoms. The number of carbonyl (C=O) groups excluding carboxylic acids is 3. The van der Waals surface area contributed by atoms with Crippen molar-refractivity contribution in [2.45, 2.75) is 11.3 Å². The SMILES string of the molecule is O=C(CCN1C(=O)S/C(=C/c2cccs2)C1=O)N1CCN(S(=O)(=O)c2ccccc2)CC1. The predicted octanol–water partition coefficient (Wildman–Crippen LogP) is 2.71. The first kappa shape index (κ1) is 22.7. The Hall–Kier alpha value is -2.47. The number of piperazine rings is 1. The van der Waals surface area contributed by atoms with Crippen LogP contribution in [0.2, 0.25) is 0 Å². The first-order valence-electron chi connectivity index (χ1n) is 9.98. The summed E-state index contributed by atoms with van der Waals surface area (Å²) in [6, 6.07) is 11.9. The molecule has 0 bridgehead atoms. The van der Waals surface area contributed by atoms with Gasteiger partial charge >= 0.3 is 0 Å². The largest absolute Gasteiger partial charge is 0.340 e. The van der Waals surface area contributed by atoms with Gasteiger partial charge in [-0.1, -0.05) is 24.3 Å². The quantitative estimate of drug-likeness (QED) is 0.577. The van der Waals surface area contributed by atoms with Crippen LogP contribution in [0, 0.1) is 0 Å². The molecule has 32 heavy (non-hydrogen) atoms. The van der Waals surface area contributed by atoms with Gasteiger partial charge in [0.25, 0.3) is 11.1 Å². The van der Waals surface area contributed by atoms with Gasteiger partial charge in [0.1, 0.15) is 0 Å². The Bertz CT molecular complexity index is 1140. The molecule has 3 amide bonds. The van der Waals surface area contributed by atoms with Gasteiger partial charge in [-0.3, -0.25) is 19.3 Å². The minimum atomic E-state index is -3.59. The monoisotopic (exact) mass is 491 g/mol. The molecule has 1 aromatic carbocycles. The maximum Gasteiger partial charge on any atom is 0.293 e. The van der Waals surface area contributed by atoms with Crippen molar-refractivity contribution in [3.8, 4) is 0 Å². The lowest BCUT2D eigenvalue weighted by Crippen LogP contribution is -2.51. The van der Waals surface area contributed by atoms with Crippen LogP contribution < -0.4 is 0 Å². The zero-order chi connectivity index (χ0) is 22.7. The van der Waals surface area contributed by atoms with Gasteiger partial charge in [-0.15, -0.1) is 11.3 Å². The number of benzene rings is 1. The molecule has 2 aromatic rings. The number of nitrogens with zero attached hydrogens (tertiary/aromatic N) is 3. The summed E-state index contributed by atoms with van der Waals surface area (Å²) in [5, 5.41) is 1.50. The van der Waals surface area contributed by atoms with Crippen molar-refractivity contribution >= 4 is 56.3 Å². The van der Waals surface area contributed by atoms with Gasteiger partial charge in [-0.2, -0.15) is 4.31 Å². The third-order valence-corrected chi connectivity index (χ3v) is 8.85. The molecule has 3 heterocycles. The highest BCUT2D eigenvalue weighted by Crippen LogP contribution is 2.33. The van der Waals surface area contributed by atoms with Gasteiger partial charge in [-0.05, 0) is 41.4 Å². The van der Waals surface area contributed by atoms with E-state index in [9.17, 15) is 22.8 Å². The second-order valence-corrected chi connectivity index (χ2v) is 11.1. The number of amides is 3. The van der Waals surface area contributed by atoms with Crippen LogP contribution in [-0.4, -0.2) is 72.3 Å². The number of rotatable bonds is 6. The van der Waals surface area contributed by atoms with E-state index in [1.54, 1.807) is 41.3 Å². The fourth-order valence-corrected chi connectivity index (χ4v) is 6.51. The molecular formula is C21H21N3O5S3. The molecule has 0 unspecified atom stereocenters. The van der Waals surface area contributed by atoms with E-state index in [0.717, 1.165) is 21.5 Å². The molecular weight excluding hydrogens is 470 g/mol. The maximum absolute atomic E-state index is 12.7. The van der Waals surface area contributed by atoms with Crippen LogP contribution in [0.3, 0.4) is 0 Å². The molecule has 0 atom stereocenters. The third kappa shape index (κ3) is 4.80. The van der Waals surface area contributed by atoms with Crippen molar-refractivity contribution in [1.82, 2.24) is 14.1 Å². The fourth-order valence-electron chi connectivity index (χ4n) is 3.48. The second kappa shape index (κ2) is 9.57. The Kier molecular flexibility index (Phi) is 6.79. The van der Waals surface area contributed by atoms with Gasteiger partial charge in [0.15, 0.2) is 0 Å². The minimum Gasteiger partial charge on any atom is -0.340 e. The molecule has 0 spiro atoms. The Morgan fingerprint density at radius 2 is 1.72 bits per heavy atom. The lowest BCUT2D eigenvalue weighted by atomic mass is 10.3. The molecule has 8 nitrogen and oxygen atoms in total. The molecule has 2 aliphatic heterocycles. The van der Waals surface area contributed by atoms with Crippen molar-refractivity contribution in [3.63, 3.8) is 0 Å². The average Bonchev–Trinajstić information content (AvgIpc) is 3.41. The number of imide groups is 1. The molecule has 4 rings (SSSR count). The van der Waals surface area contributed by atoms with Crippen LogP contribution in [-0.2, 0) is 19.6 Å². The highest BCUT2D eigenvalue weighted by atomic mass is 32.2. The van der Waals surface area contributed by atoms with E-state index >= 15 is 0 Å². The van der Waals surface area contributed by atoms with Crippen LogP contribution >= 0.6 is 23.1 Å². The Morgan fingerprint density at radius 3 is 2.38 bits per heavy atom.